The Morgan fingerprint density at radius 1 is 1.08 bits per heavy atom. The van der Waals surface area contributed by atoms with Crippen molar-refractivity contribution >= 4 is 52.5 Å². The zero-order valence-electron chi connectivity index (χ0n) is 20.1. The van der Waals surface area contributed by atoms with E-state index < -0.39 is 6.04 Å². The number of amides is 2. The maximum Gasteiger partial charge on any atom is 0.253 e. The molecule has 2 amide bonds. The number of halogens is 2. The fourth-order valence-electron chi connectivity index (χ4n) is 3.98. The van der Waals surface area contributed by atoms with Gasteiger partial charge < -0.3 is 15.1 Å². The van der Waals surface area contributed by atoms with Crippen LogP contribution >= 0.6 is 35.0 Å². The molecule has 2 N–H and O–H groups in total. The maximum atomic E-state index is 12.8. The molecular formula is C25H28Cl2N6O2S. The van der Waals surface area contributed by atoms with Crippen LogP contribution in [0.2, 0.25) is 10.0 Å². The number of H-pyrrole nitrogens is 1. The van der Waals surface area contributed by atoms with Gasteiger partial charge in [-0.2, -0.15) is 0 Å². The van der Waals surface area contributed by atoms with Crippen molar-refractivity contribution in [2.24, 2.45) is 5.92 Å². The third-order valence-corrected chi connectivity index (χ3v) is 7.36. The van der Waals surface area contributed by atoms with E-state index in [1.807, 2.05) is 36.9 Å². The molecule has 2 aromatic carbocycles. The molecule has 190 valence electrons. The molecule has 11 heteroatoms. The van der Waals surface area contributed by atoms with Crippen LogP contribution in [-0.4, -0.2) is 63.8 Å². The van der Waals surface area contributed by atoms with Crippen LogP contribution in [0, 0.1) is 5.92 Å². The van der Waals surface area contributed by atoms with Gasteiger partial charge in [-0.15, -0.1) is 5.10 Å². The molecule has 0 saturated carbocycles. The predicted octanol–water partition coefficient (Wildman–Crippen LogP) is 4.68. The number of thioether (sulfide) groups is 1. The van der Waals surface area contributed by atoms with Crippen molar-refractivity contribution in [1.82, 2.24) is 25.4 Å². The molecule has 0 spiro atoms. The van der Waals surface area contributed by atoms with E-state index >= 15 is 0 Å². The summed E-state index contributed by atoms with van der Waals surface area (Å²) in [6, 6.07) is 14.6. The molecule has 1 aromatic heterocycles. The number of hydrogen-bond donors (Lipinski definition) is 2. The van der Waals surface area contributed by atoms with Crippen LogP contribution in [0.5, 0.6) is 0 Å². The summed E-state index contributed by atoms with van der Waals surface area (Å²) in [5.74, 6) is 0.543. The monoisotopic (exact) mass is 546 g/mol. The number of piperazine rings is 1. The Bertz CT molecular complexity index is 1200. The van der Waals surface area contributed by atoms with Crippen molar-refractivity contribution in [3.63, 3.8) is 0 Å². The van der Waals surface area contributed by atoms with Crippen LogP contribution in [0.25, 0.3) is 0 Å². The molecule has 3 aromatic rings. The number of anilines is 1. The van der Waals surface area contributed by atoms with Crippen LogP contribution in [0.4, 0.5) is 5.69 Å². The Balaban J connectivity index is 1.31. The first-order valence-electron chi connectivity index (χ1n) is 11.7. The smallest absolute Gasteiger partial charge is 0.253 e. The van der Waals surface area contributed by atoms with Crippen LogP contribution in [-0.2, 0) is 4.79 Å². The summed E-state index contributed by atoms with van der Waals surface area (Å²) in [4.78, 5) is 34.3. The highest BCUT2D eigenvalue weighted by molar-refractivity contribution is 7.99. The van der Waals surface area contributed by atoms with Gasteiger partial charge in [-0.05, 0) is 36.2 Å². The van der Waals surface area contributed by atoms with Gasteiger partial charge in [0.25, 0.3) is 5.91 Å². The number of benzene rings is 2. The number of hydrogen-bond acceptors (Lipinski definition) is 6. The van der Waals surface area contributed by atoms with Crippen LogP contribution in [0.1, 0.15) is 36.1 Å². The van der Waals surface area contributed by atoms with Gasteiger partial charge in [0.05, 0.1) is 22.4 Å². The summed E-state index contributed by atoms with van der Waals surface area (Å²) in [6.07, 6.45) is 0. The summed E-state index contributed by atoms with van der Waals surface area (Å²) in [6.45, 7) is 6.92. The molecule has 0 aliphatic carbocycles. The summed E-state index contributed by atoms with van der Waals surface area (Å²) in [7, 11) is 0. The first kappa shape index (κ1) is 26.3. The van der Waals surface area contributed by atoms with Gasteiger partial charge in [-0.1, -0.05) is 67.0 Å². The topological polar surface area (TPSA) is 94.2 Å². The zero-order chi connectivity index (χ0) is 25.7. The molecule has 36 heavy (non-hydrogen) atoms. The largest absolute Gasteiger partial charge is 0.368 e. The predicted molar refractivity (Wildman–Crippen MR) is 144 cm³/mol. The minimum Gasteiger partial charge on any atom is -0.368 e. The van der Waals surface area contributed by atoms with Crippen LogP contribution in [0.3, 0.4) is 0 Å². The van der Waals surface area contributed by atoms with Gasteiger partial charge in [0.15, 0.2) is 0 Å². The second-order valence-electron chi connectivity index (χ2n) is 8.81. The SMILES string of the molecule is CC(C)C(NC(=O)c1ccc(Cl)cc1Cl)c1nc(SCC(=O)N2CCN(c3ccccc3)CC2)n[nH]1. The molecule has 0 radical (unpaired) electrons. The van der Waals surface area contributed by atoms with Gasteiger partial charge in [-0.3, -0.25) is 14.7 Å². The molecule has 4 rings (SSSR count). The van der Waals surface area contributed by atoms with Gasteiger partial charge in [0.2, 0.25) is 11.1 Å². The third-order valence-electron chi connectivity index (χ3n) is 5.98. The third kappa shape index (κ3) is 6.52. The molecule has 1 saturated heterocycles. The quantitative estimate of drug-likeness (QED) is 0.398. The normalized spacial score (nSPS) is 14.7. The highest BCUT2D eigenvalue weighted by Gasteiger charge is 2.25. The van der Waals surface area contributed by atoms with E-state index in [0.717, 1.165) is 13.1 Å². The lowest BCUT2D eigenvalue weighted by molar-refractivity contribution is -0.128. The molecule has 0 bridgehead atoms. The number of para-hydroxylation sites is 1. The van der Waals surface area contributed by atoms with Crippen molar-refractivity contribution in [2.75, 3.05) is 36.8 Å². The van der Waals surface area contributed by atoms with Crippen molar-refractivity contribution in [3.8, 4) is 0 Å². The van der Waals surface area contributed by atoms with Crippen molar-refractivity contribution < 1.29 is 9.59 Å². The van der Waals surface area contributed by atoms with Crippen molar-refractivity contribution in [1.29, 1.82) is 0 Å². The molecule has 2 heterocycles. The fourth-order valence-corrected chi connectivity index (χ4v) is 5.18. The average Bonchev–Trinajstić information content (AvgIpc) is 3.34. The van der Waals surface area contributed by atoms with Gasteiger partial charge in [0, 0.05) is 36.9 Å². The Kier molecular flexibility index (Phi) is 8.77. The second kappa shape index (κ2) is 12.0. The Morgan fingerprint density at radius 2 is 1.81 bits per heavy atom. The van der Waals surface area contributed by atoms with E-state index in [0.29, 0.717) is 34.7 Å². The number of rotatable bonds is 8. The Morgan fingerprint density at radius 3 is 2.47 bits per heavy atom. The minimum absolute atomic E-state index is 0.0355. The molecule has 1 unspecified atom stereocenters. The number of nitrogens with one attached hydrogen (secondary N) is 2. The number of aromatic nitrogens is 3. The number of carbonyl (C=O) groups excluding carboxylic acids is 2. The van der Waals surface area contributed by atoms with Gasteiger partial charge in [-0.25, -0.2) is 4.98 Å². The number of nitrogens with zero attached hydrogens (tertiary/aromatic N) is 4. The summed E-state index contributed by atoms with van der Waals surface area (Å²) < 4.78 is 0. The van der Waals surface area contributed by atoms with E-state index in [4.69, 9.17) is 23.2 Å². The Hall–Kier alpha value is -2.75. The molecular weight excluding hydrogens is 519 g/mol. The van der Waals surface area contributed by atoms with Crippen LogP contribution in [0.15, 0.2) is 53.7 Å². The molecule has 8 nitrogen and oxygen atoms in total. The van der Waals surface area contributed by atoms with Crippen molar-refractivity contribution in [2.45, 2.75) is 25.0 Å². The number of carbonyl (C=O) groups is 2. The molecule has 1 fully saturated rings. The zero-order valence-corrected chi connectivity index (χ0v) is 22.4. The average molecular weight is 548 g/mol. The molecule has 1 atom stereocenters. The fraction of sp³-hybridized carbons (Fsp3) is 0.360. The molecule has 1 aliphatic rings. The first-order valence-corrected chi connectivity index (χ1v) is 13.4. The summed E-state index contributed by atoms with van der Waals surface area (Å²) in [5.41, 5.74) is 1.51. The summed E-state index contributed by atoms with van der Waals surface area (Å²) in [5, 5.41) is 11.3. The van der Waals surface area contributed by atoms with E-state index in [-0.39, 0.29) is 28.5 Å². The standard InChI is InChI=1S/C25H28Cl2N6O2S/c1-16(2)22(28-24(35)19-9-8-17(26)14-20(19)27)23-29-25(31-30-23)36-15-21(34)33-12-10-32(11-13-33)18-6-4-3-5-7-18/h3-9,14,16,22H,10-13,15H2,1-2H3,(H,28,35)(H,29,30,31). The minimum atomic E-state index is -0.409. The van der Waals surface area contributed by atoms with Crippen molar-refractivity contribution in [3.05, 3.63) is 70.0 Å². The van der Waals surface area contributed by atoms with Gasteiger partial charge >= 0.3 is 0 Å². The highest BCUT2D eigenvalue weighted by Crippen LogP contribution is 2.25. The lowest BCUT2D eigenvalue weighted by atomic mass is 10.0. The highest BCUT2D eigenvalue weighted by atomic mass is 35.5. The Labute approximate surface area is 224 Å². The van der Waals surface area contributed by atoms with E-state index in [2.05, 4.69) is 37.5 Å². The second-order valence-corrected chi connectivity index (χ2v) is 10.6. The number of aromatic amines is 1. The van der Waals surface area contributed by atoms with E-state index in [9.17, 15) is 9.59 Å². The lowest BCUT2D eigenvalue weighted by Gasteiger charge is -2.36. The molecule has 1 aliphatic heterocycles. The van der Waals surface area contributed by atoms with E-state index in [1.165, 1.54) is 23.5 Å². The van der Waals surface area contributed by atoms with E-state index in [1.54, 1.807) is 12.1 Å². The summed E-state index contributed by atoms with van der Waals surface area (Å²) >= 11 is 13.4. The lowest BCUT2D eigenvalue weighted by Crippen LogP contribution is -2.49. The maximum absolute atomic E-state index is 12.8. The van der Waals surface area contributed by atoms with Crippen LogP contribution < -0.4 is 10.2 Å². The van der Waals surface area contributed by atoms with Gasteiger partial charge in [0.1, 0.15) is 5.82 Å². The first-order chi connectivity index (χ1) is 17.3.